The SMILES string of the molecule is N=C(N)c1ccc2cc(C(=O)NC3CCC(N)CC3)n(Cc3ccc(Oc4ccccc4)cc3)c2c1. The third kappa shape index (κ3) is 5.26. The van der Waals surface area contributed by atoms with E-state index >= 15 is 0 Å². The Bertz CT molecular complexity index is 1370. The van der Waals surface area contributed by atoms with Crippen molar-refractivity contribution in [3.05, 3.63) is 95.7 Å². The first-order valence-corrected chi connectivity index (χ1v) is 12.3. The molecule has 0 atom stereocenters. The number of amidine groups is 1. The van der Waals surface area contributed by atoms with Gasteiger partial charge in [-0.05, 0) is 67.6 Å². The molecule has 1 aliphatic carbocycles. The van der Waals surface area contributed by atoms with Gasteiger partial charge in [-0.15, -0.1) is 0 Å². The van der Waals surface area contributed by atoms with Crippen LogP contribution >= 0.6 is 0 Å². The van der Waals surface area contributed by atoms with Gasteiger partial charge in [-0.3, -0.25) is 10.2 Å². The summed E-state index contributed by atoms with van der Waals surface area (Å²) >= 11 is 0. The average molecular weight is 482 g/mol. The maximum atomic E-state index is 13.4. The highest BCUT2D eigenvalue weighted by Crippen LogP contribution is 2.26. The summed E-state index contributed by atoms with van der Waals surface area (Å²) < 4.78 is 7.92. The molecule has 3 aromatic carbocycles. The molecule has 1 amide bonds. The Kier molecular flexibility index (Phi) is 6.73. The highest BCUT2D eigenvalue weighted by molar-refractivity contribution is 6.02. The summed E-state index contributed by atoms with van der Waals surface area (Å²) in [6.07, 6.45) is 3.63. The summed E-state index contributed by atoms with van der Waals surface area (Å²) in [5, 5.41) is 12.0. The largest absolute Gasteiger partial charge is 0.457 e. The molecular weight excluding hydrogens is 450 g/mol. The maximum Gasteiger partial charge on any atom is 0.268 e. The second-order valence-corrected chi connectivity index (χ2v) is 9.45. The van der Waals surface area contributed by atoms with Crippen LogP contribution in [0.15, 0.2) is 78.9 Å². The summed E-state index contributed by atoms with van der Waals surface area (Å²) in [6.45, 7) is 0.495. The molecule has 1 aromatic heterocycles. The predicted molar refractivity (Wildman–Crippen MR) is 143 cm³/mol. The number of hydrogen-bond donors (Lipinski definition) is 4. The zero-order chi connectivity index (χ0) is 25.1. The molecule has 5 rings (SSSR count). The van der Waals surface area contributed by atoms with E-state index in [0.29, 0.717) is 17.8 Å². The molecule has 1 heterocycles. The molecule has 0 spiro atoms. The van der Waals surface area contributed by atoms with E-state index < -0.39 is 0 Å². The van der Waals surface area contributed by atoms with E-state index in [9.17, 15) is 4.79 Å². The van der Waals surface area contributed by atoms with Crippen molar-refractivity contribution in [1.29, 1.82) is 5.41 Å². The van der Waals surface area contributed by atoms with Gasteiger partial charge in [0.05, 0.1) is 0 Å². The Labute approximate surface area is 210 Å². The average Bonchev–Trinajstić information content (AvgIpc) is 3.25. The van der Waals surface area contributed by atoms with Crippen molar-refractivity contribution in [2.75, 3.05) is 0 Å². The van der Waals surface area contributed by atoms with Crippen LogP contribution in [0.3, 0.4) is 0 Å². The van der Waals surface area contributed by atoms with Crippen molar-refractivity contribution in [3.63, 3.8) is 0 Å². The van der Waals surface area contributed by atoms with Gasteiger partial charge in [0.1, 0.15) is 23.0 Å². The Morgan fingerprint density at radius 3 is 2.33 bits per heavy atom. The molecule has 7 heteroatoms. The van der Waals surface area contributed by atoms with E-state index in [-0.39, 0.29) is 23.8 Å². The molecule has 0 aliphatic heterocycles. The van der Waals surface area contributed by atoms with Crippen LogP contribution in [0.2, 0.25) is 0 Å². The topological polar surface area (TPSA) is 119 Å². The summed E-state index contributed by atoms with van der Waals surface area (Å²) in [5.41, 5.74) is 14.9. The van der Waals surface area contributed by atoms with Gasteiger partial charge in [-0.1, -0.05) is 42.5 Å². The van der Waals surface area contributed by atoms with Crippen molar-refractivity contribution in [2.45, 2.75) is 44.3 Å². The number of nitrogen functional groups attached to an aromatic ring is 1. The van der Waals surface area contributed by atoms with Gasteiger partial charge in [0.2, 0.25) is 0 Å². The van der Waals surface area contributed by atoms with Crippen LogP contribution in [0.1, 0.15) is 47.3 Å². The van der Waals surface area contributed by atoms with E-state index in [1.165, 1.54) is 0 Å². The van der Waals surface area contributed by atoms with Crippen molar-refractivity contribution in [3.8, 4) is 11.5 Å². The van der Waals surface area contributed by atoms with Crippen LogP contribution in [-0.2, 0) is 6.54 Å². The molecule has 0 bridgehead atoms. The number of para-hydroxylation sites is 1. The molecule has 1 saturated carbocycles. The zero-order valence-electron chi connectivity index (χ0n) is 20.1. The fourth-order valence-electron chi connectivity index (χ4n) is 4.77. The minimum absolute atomic E-state index is 0.00314. The zero-order valence-corrected chi connectivity index (χ0v) is 20.1. The summed E-state index contributed by atoms with van der Waals surface area (Å²) in [5.74, 6) is 1.42. The first kappa shape index (κ1) is 23.6. The molecule has 7 nitrogen and oxygen atoms in total. The highest BCUT2D eigenvalue weighted by Gasteiger charge is 2.23. The number of ether oxygens (including phenoxy) is 1. The van der Waals surface area contributed by atoms with E-state index in [1.807, 2.05) is 83.4 Å². The Morgan fingerprint density at radius 1 is 0.944 bits per heavy atom. The summed E-state index contributed by atoms with van der Waals surface area (Å²) in [6, 6.07) is 25.4. The van der Waals surface area contributed by atoms with Crippen molar-refractivity contribution in [1.82, 2.24) is 9.88 Å². The van der Waals surface area contributed by atoms with Gasteiger partial charge in [-0.25, -0.2) is 0 Å². The van der Waals surface area contributed by atoms with Gasteiger partial charge >= 0.3 is 0 Å². The third-order valence-corrected chi connectivity index (χ3v) is 6.80. The van der Waals surface area contributed by atoms with Crippen LogP contribution < -0.4 is 21.5 Å². The second-order valence-electron chi connectivity index (χ2n) is 9.45. The van der Waals surface area contributed by atoms with Gasteiger partial charge in [-0.2, -0.15) is 0 Å². The molecule has 36 heavy (non-hydrogen) atoms. The number of fused-ring (bicyclic) bond motifs is 1. The van der Waals surface area contributed by atoms with Gasteiger partial charge in [0.25, 0.3) is 5.91 Å². The van der Waals surface area contributed by atoms with Gasteiger partial charge in [0, 0.05) is 35.1 Å². The number of nitrogens with two attached hydrogens (primary N) is 2. The van der Waals surface area contributed by atoms with Crippen molar-refractivity contribution < 1.29 is 9.53 Å². The van der Waals surface area contributed by atoms with Gasteiger partial charge < -0.3 is 26.1 Å². The predicted octanol–water partition coefficient (Wildman–Crippen LogP) is 4.77. The van der Waals surface area contributed by atoms with Crippen LogP contribution in [0.5, 0.6) is 11.5 Å². The summed E-state index contributed by atoms with van der Waals surface area (Å²) in [4.78, 5) is 13.4. The van der Waals surface area contributed by atoms with Crippen LogP contribution in [-0.4, -0.2) is 28.4 Å². The fourth-order valence-corrected chi connectivity index (χ4v) is 4.77. The van der Waals surface area contributed by atoms with Gasteiger partial charge in [0.15, 0.2) is 0 Å². The molecule has 0 unspecified atom stereocenters. The lowest BCUT2D eigenvalue weighted by atomic mass is 9.92. The van der Waals surface area contributed by atoms with Crippen molar-refractivity contribution in [2.24, 2.45) is 11.5 Å². The number of amides is 1. The molecule has 1 aliphatic rings. The number of carbonyl (C=O) groups excluding carboxylic acids is 1. The first-order chi connectivity index (χ1) is 17.5. The molecule has 4 aromatic rings. The van der Waals surface area contributed by atoms with Crippen LogP contribution in [0.4, 0.5) is 0 Å². The Morgan fingerprint density at radius 2 is 1.64 bits per heavy atom. The number of rotatable bonds is 7. The number of benzene rings is 3. The standard InChI is InChI=1S/C29H31N5O2/c30-22-10-12-23(13-11-22)33-29(35)27-16-20-8-9-21(28(31)32)17-26(20)34(27)18-19-6-14-25(15-7-19)36-24-4-2-1-3-5-24/h1-9,14-17,22-23H,10-13,18,30H2,(H3,31,32)(H,33,35). The smallest absolute Gasteiger partial charge is 0.268 e. The van der Waals surface area contributed by atoms with Crippen LogP contribution in [0, 0.1) is 5.41 Å². The summed E-state index contributed by atoms with van der Waals surface area (Å²) in [7, 11) is 0. The minimum atomic E-state index is -0.0972. The Hall–Kier alpha value is -4.10. The minimum Gasteiger partial charge on any atom is -0.457 e. The fraction of sp³-hybridized carbons (Fsp3) is 0.241. The highest BCUT2D eigenvalue weighted by atomic mass is 16.5. The second kappa shape index (κ2) is 10.3. The normalized spacial score (nSPS) is 17.6. The lowest BCUT2D eigenvalue weighted by Crippen LogP contribution is -2.41. The molecule has 6 N–H and O–H groups in total. The van der Waals surface area contributed by atoms with Crippen LogP contribution in [0.25, 0.3) is 10.9 Å². The quantitative estimate of drug-likeness (QED) is 0.225. The third-order valence-electron chi connectivity index (χ3n) is 6.80. The number of nitrogens with zero attached hydrogens (tertiary/aromatic N) is 1. The number of carbonyl (C=O) groups is 1. The lowest BCUT2D eigenvalue weighted by molar-refractivity contribution is 0.0917. The molecule has 0 radical (unpaired) electrons. The lowest BCUT2D eigenvalue weighted by Gasteiger charge is -2.27. The molecular formula is C29H31N5O2. The maximum absolute atomic E-state index is 13.4. The van der Waals surface area contributed by atoms with E-state index in [4.69, 9.17) is 21.6 Å². The monoisotopic (exact) mass is 481 g/mol. The Balaban J connectivity index is 1.43. The molecule has 1 fully saturated rings. The first-order valence-electron chi connectivity index (χ1n) is 12.3. The molecule has 0 saturated heterocycles. The van der Waals surface area contributed by atoms with E-state index in [1.54, 1.807) is 0 Å². The number of aromatic nitrogens is 1. The number of hydrogen-bond acceptors (Lipinski definition) is 4. The molecule has 184 valence electrons. The van der Waals surface area contributed by atoms with Crippen molar-refractivity contribution >= 4 is 22.6 Å². The number of nitrogens with one attached hydrogen (secondary N) is 2. The van der Waals surface area contributed by atoms with E-state index in [2.05, 4.69) is 5.32 Å². The van der Waals surface area contributed by atoms with E-state index in [0.717, 1.165) is 53.6 Å².